The minimum atomic E-state index is -0.520. The van der Waals surface area contributed by atoms with Gasteiger partial charge in [-0.3, -0.25) is 10.1 Å². The Morgan fingerprint density at radius 2 is 1.89 bits per heavy atom. The molecule has 2 N–H and O–H groups in total. The molecular formula is C19H25N5O4. The van der Waals surface area contributed by atoms with Crippen LogP contribution in [0.1, 0.15) is 44.0 Å². The summed E-state index contributed by atoms with van der Waals surface area (Å²) < 4.78 is 5.18. The molecule has 0 bridgehead atoms. The summed E-state index contributed by atoms with van der Waals surface area (Å²) in [5.41, 5.74) is 0.742. The number of nitrogens with zero attached hydrogens (tertiary/aromatic N) is 3. The average molecular weight is 387 g/mol. The van der Waals surface area contributed by atoms with E-state index in [-0.39, 0.29) is 23.2 Å². The molecule has 0 aliphatic heterocycles. The van der Waals surface area contributed by atoms with E-state index in [1.54, 1.807) is 24.3 Å². The van der Waals surface area contributed by atoms with E-state index in [1.807, 2.05) is 20.8 Å². The number of aromatic nitrogens is 2. The molecule has 0 radical (unpaired) electrons. The monoisotopic (exact) mass is 387 g/mol. The van der Waals surface area contributed by atoms with E-state index in [9.17, 15) is 14.9 Å². The third kappa shape index (κ3) is 5.90. The molecule has 2 aromatic rings. The highest BCUT2D eigenvalue weighted by Gasteiger charge is 2.23. The number of carbonyl (C=O) groups is 1. The fourth-order valence-corrected chi connectivity index (χ4v) is 2.31. The van der Waals surface area contributed by atoms with Crippen LogP contribution in [-0.4, -0.2) is 34.0 Å². The molecule has 0 fully saturated rings. The standard InChI is InChI=1S/C19H25N5O4/c1-4-5-10-20-17-16(24(26)27)18(22-12-21-17)23-15-8-6-14(7-9-15)19(25)28-11-13(2)3/h6-9,12-13H,4-5,10-11H2,1-3H3,(H2,20,21,22,23). The molecule has 0 saturated carbocycles. The van der Waals surface area contributed by atoms with Crippen molar-refractivity contribution in [1.29, 1.82) is 0 Å². The molecule has 9 heteroatoms. The van der Waals surface area contributed by atoms with Crippen LogP contribution in [0.5, 0.6) is 0 Å². The number of nitrogens with one attached hydrogen (secondary N) is 2. The van der Waals surface area contributed by atoms with E-state index in [2.05, 4.69) is 20.6 Å². The van der Waals surface area contributed by atoms with Gasteiger partial charge in [0.1, 0.15) is 6.33 Å². The minimum absolute atomic E-state index is 0.0779. The summed E-state index contributed by atoms with van der Waals surface area (Å²) in [4.78, 5) is 30.9. The largest absolute Gasteiger partial charge is 0.462 e. The van der Waals surface area contributed by atoms with Crippen LogP contribution < -0.4 is 10.6 Å². The van der Waals surface area contributed by atoms with E-state index in [0.717, 1.165) is 12.8 Å². The normalized spacial score (nSPS) is 10.6. The zero-order valence-corrected chi connectivity index (χ0v) is 16.3. The molecule has 9 nitrogen and oxygen atoms in total. The highest BCUT2D eigenvalue weighted by Crippen LogP contribution is 2.31. The van der Waals surface area contributed by atoms with Crippen LogP contribution in [0.25, 0.3) is 0 Å². The van der Waals surface area contributed by atoms with Crippen LogP contribution in [0.3, 0.4) is 0 Å². The Morgan fingerprint density at radius 1 is 1.21 bits per heavy atom. The molecule has 0 aliphatic carbocycles. The first-order valence-electron chi connectivity index (χ1n) is 9.19. The minimum Gasteiger partial charge on any atom is -0.462 e. The summed E-state index contributed by atoms with van der Waals surface area (Å²) in [5.74, 6) is 0.0954. The Hall–Kier alpha value is -3.23. The Bertz CT molecular complexity index is 808. The van der Waals surface area contributed by atoms with Gasteiger partial charge in [-0.25, -0.2) is 14.8 Å². The molecule has 1 aromatic heterocycles. The summed E-state index contributed by atoms with van der Waals surface area (Å²) in [7, 11) is 0. The van der Waals surface area contributed by atoms with Gasteiger partial charge in [-0.2, -0.15) is 0 Å². The third-order valence-electron chi connectivity index (χ3n) is 3.76. The zero-order chi connectivity index (χ0) is 20.5. The van der Waals surface area contributed by atoms with Crippen molar-refractivity contribution in [2.24, 2.45) is 5.92 Å². The lowest BCUT2D eigenvalue weighted by atomic mass is 10.2. The molecular weight excluding hydrogens is 362 g/mol. The van der Waals surface area contributed by atoms with Crippen molar-refractivity contribution < 1.29 is 14.5 Å². The van der Waals surface area contributed by atoms with E-state index < -0.39 is 10.9 Å². The van der Waals surface area contributed by atoms with Crippen LogP contribution in [0, 0.1) is 16.0 Å². The predicted molar refractivity (Wildman–Crippen MR) is 107 cm³/mol. The smallest absolute Gasteiger partial charge is 0.353 e. The van der Waals surface area contributed by atoms with Gasteiger partial charge in [0.2, 0.25) is 11.6 Å². The fourth-order valence-electron chi connectivity index (χ4n) is 2.31. The van der Waals surface area contributed by atoms with Gasteiger partial charge in [0.05, 0.1) is 17.1 Å². The Balaban J connectivity index is 2.15. The molecule has 0 spiro atoms. The van der Waals surface area contributed by atoms with Crippen LogP contribution in [0.15, 0.2) is 30.6 Å². The number of rotatable bonds is 10. The molecule has 28 heavy (non-hydrogen) atoms. The van der Waals surface area contributed by atoms with Crippen LogP contribution >= 0.6 is 0 Å². The van der Waals surface area contributed by atoms with Crippen molar-refractivity contribution in [1.82, 2.24) is 9.97 Å². The van der Waals surface area contributed by atoms with E-state index >= 15 is 0 Å². The van der Waals surface area contributed by atoms with Gasteiger partial charge >= 0.3 is 11.7 Å². The number of anilines is 3. The maximum absolute atomic E-state index is 12.0. The van der Waals surface area contributed by atoms with E-state index in [0.29, 0.717) is 24.4 Å². The van der Waals surface area contributed by atoms with Crippen molar-refractivity contribution in [3.8, 4) is 0 Å². The second kappa shape index (κ2) is 10.2. The molecule has 1 heterocycles. The molecule has 150 valence electrons. The van der Waals surface area contributed by atoms with Gasteiger partial charge in [-0.05, 0) is 36.6 Å². The van der Waals surface area contributed by atoms with Gasteiger partial charge < -0.3 is 15.4 Å². The number of carbonyl (C=O) groups excluding carboxylic acids is 1. The average Bonchev–Trinajstić information content (AvgIpc) is 2.66. The molecule has 0 atom stereocenters. The topological polar surface area (TPSA) is 119 Å². The number of ether oxygens (including phenoxy) is 1. The Labute approximate surface area is 163 Å². The highest BCUT2D eigenvalue weighted by atomic mass is 16.6. The van der Waals surface area contributed by atoms with Gasteiger partial charge in [0.15, 0.2) is 0 Å². The lowest BCUT2D eigenvalue weighted by molar-refractivity contribution is -0.383. The molecule has 1 aromatic carbocycles. The second-order valence-electron chi connectivity index (χ2n) is 6.65. The molecule has 0 amide bonds. The van der Waals surface area contributed by atoms with Gasteiger partial charge in [0, 0.05) is 12.2 Å². The number of unbranched alkanes of at least 4 members (excludes halogenated alkanes) is 1. The first-order valence-corrected chi connectivity index (χ1v) is 9.19. The number of esters is 1. The lowest BCUT2D eigenvalue weighted by Gasteiger charge is -2.10. The zero-order valence-electron chi connectivity index (χ0n) is 16.3. The summed E-state index contributed by atoms with van der Waals surface area (Å²) >= 11 is 0. The van der Waals surface area contributed by atoms with Crippen LogP contribution in [0.4, 0.5) is 23.0 Å². The van der Waals surface area contributed by atoms with Gasteiger partial charge in [-0.1, -0.05) is 27.2 Å². The summed E-state index contributed by atoms with van der Waals surface area (Å²) in [6, 6.07) is 6.47. The van der Waals surface area contributed by atoms with Gasteiger partial charge in [0.25, 0.3) is 0 Å². The summed E-state index contributed by atoms with van der Waals surface area (Å²) in [5, 5.41) is 17.4. The fraction of sp³-hybridized carbons (Fsp3) is 0.421. The molecule has 0 aliphatic rings. The first-order chi connectivity index (χ1) is 13.4. The number of benzene rings is 1. The van der Waals surface area contributed by atoms with Crippen molar-refractivity contribution in [3.63, 3.8) is 0 Å². The number of hydrogen-bond donors (Lipinski definition) is 2. The second-order valence-corrected chi connectivity index (χ2v) is 6.65. The van der Waals surface area contributed by atoms with E-state index in [4.69, 9.17) is 4.74 Å². The van der Waals surface area contributed by atoms with Crippen molar-refractivity contribution in [2.75, 3.05) is 23.8 Å². The highest BCUT2D eigenvalue weighted by molar-refractivity contribution is 5.90. The van der Waals surface area contributed by atoms with Crippen molar-refractivity contribution >= 4 is 29.0 Å². The molecule has 2 rings (SSSR count). The number of nitro groups is 1. The van der Waals surface area contributed by atoms with E-state index in [1.165, 1.54) is 6.33 Å². The lowest BCUT2D eigenvalue weighted by Crippen LogP contribution is -2.10. The Morgan fingerprint density at radius 3 is 2.50 bits per heavy atom. The molecule has 0 unspecified atom stereocenters. The summed E-state index contributed by atoms with van der Waals surface area (Å²) in [6.07, 6.45) is 3.10. The van der Waals surface area contributed by atoms with Crippen LogP contribution in [0.2, 0.25) is 0 Å². The van der Waals surface area contributed by atoms with Crippen LogP contribution in [-0.2, 0) is 4.74 Å². The Kier molecular flexibility index (Phi) is 7.67. The van der Waals surface area contributed by atoms with Crippen molar-refractivity contribution in [3.05, 3.63) is 46.3 Å². The third-order valence-corrected chi connectivity index (χ3v) is 3.76. The maximum Gasteiger partial charge on any atom is 0.353 e. The summed E-state index contributed by atoms with van der Waals surface area (Å²) in [6.45, 7) is 6.88. The van der Waals surface area contributed by atoms with Gasteiger partial charge in [-0.15, -0.1) is 0 Å². The SMILES string of the molecule is CCCCNc1ncnc(Nc2ccc(C(=O)OCC(C)C)cc2)c1[N+](=O)[O-]. The number of hydrogen-bond acceptors (Lipinski definition) is 8. The molecule has 0 saturated heterocycles. The van der Waals surface area contributed by atoms with Crippen molar-refractivity contribution in [2.45, 2.75) is 33.6 Å². The first kappa shape index (κ1) is 21.1. The maximum atomic E-state index is 12.0. The quantitative estimate of drug-likeness (QED) is 0.270. The predicted octanol–water partition coefficient (Wildman–Crippen LogP) is 4.15.